The van der Waals surface area contributed by atoms with Gasteiger partial charge < -0.3 is 0 Å². The summed E-state index contributed by atoms with van der Waals surface area (Å²) in [6.45, 7) is 7.22. The molecule has 0 nitrogen and oxygen atoms in total. The van der Waals surface area contributed by atoms with Crippen LogP contribution in [0, 0.1) is 11.3 Å². The van der Waals surface area contributed by atoms with Gasteiger partial charge in [-0.3, -0.25) is 0 Å². The standard InChI is InChI=1S/C14H28/c1-4-10-14(3)11-7-6-8-13(5-2)9-12-14/h13H,4-12H2,1-3H3. The van der Waals surface area contributed by atoms with E-state index in [0.29, 0.717) is 5.41 Å². The summed E-state index contributed by atoms with van der Waals surface area (Å²) in [5, 5.41) is 0. The zero-order chi connectivity index (χ0) is 10.4. The van der Waals surface area contributed by atoms with Crippen molar-refractivity contribution in [1.29, 1.82) is 0 Å². The minimum Gasteiger partial charge on any atom is -0.0654 e. The summed E-state index contributed by atoms with van der Waals surface area (Å²) in [6, 6.07) is 0. The molecule has 0 amide bonds. The predicted molar refractivity (Wildman–Crippen MR) is 64.5 cm³/mol. The van der Waals surface area contributed by atoms with Crippen LogP contribution in [0.15, 0.2) is 0 Å². The number of hydrogen-bond acceptors (Lipinski definition) is 0. The molecule has 0 aromatic carbocycles. The molecule has 0 spiro atoms. The lowest BCUT2D eigenvalue weighted by molar-refractivity contribution is 0.190. The summed E-state index contributed by atoms with van der Waals surface area (Å²) in [5.41, 5.74) is 0.683. The summed E-state index contributed by atoms with van der Waals surface area (Å²) in [4.78, 5) is 0. The lowest BCUT2D eigenvalue weighted by Gasteiger charge is -2.33. The van der Waals surface area contributed by atoms with Crippen LogP contribution in [0.2, 0.25) is 0 Å². The van der Waals surface area contributed by atoms with Gasteiger partial charge >= 0.3 is 0 Å². The monoisotopic (exact) mass is 196 g/mol. The first kappa shape index (κ1) is 12.1. The third kappa shape index (κ3) is 3.63. The topological polar surface area (TPSA) is 0 Å². The first-order valence-corrected chi connectivity index (χ1v) is 6.70. The van der Waals surface area contributed by atoms with Crippen molar-refractivity contribution in [1.82, 2.24) is 0 Å². The molecule has 1 rings (SSSR count). The molecule has 0 heterocycles. The van der Waals surface area contributed by atoms with E-state index in [4.69, 9.17) is 0 Å². The van der Waals surface area contributed by atoms with Gasteiger partial charge in [-0.05, 0) is 37.0 Å². The van der Waals surface area contributed by atoms with Crippen molar-refractivity contribution < 1.29 is 0 Å². The molecule has 0 heteroatoms. The summed E-state index contributed by atoms with van der Waals surface area (Å²) < 4.78 is 0. The van der Waals surface area contributed by atoms with Crippen LogP contribution >= 0.6 is 0 Å². The van der Waals surface area contributed by atoms with Gasteiger partial charge in [-0.25, -0.2) is 0 Å². The van der Waals surface area contributed by atoms with Crippen molar-refractivity contribution in [2.45, 2.75) is 78.6 Å². The minimum absolute atomic E-state index is 0.683. The average molecular weight is 196 g/mol. The Morgan fingerprint density at radius 3 is 2.50 bits per heavy atom. The Kier molecular flexibility index (Phi) is 4.98. The molecular formula is C14H28. The molecule has 0 bridgehead atoms. The highest BCUT2D eigenvalue weighted by Gasteiger charge is 2.25. The Balaban J connectivity index is 2.45. The average Bonchev–Trinajstić information content (AvgIpc) is 2.14. The van der Waals surface area contributed by atoms with Crippen LogP contribution in [0.1, 0.15) is 78.6 Å². The van der Waals surface area contributed by atoms with Crippen LogP contribution in [0.25, 0.3) is 0 Å². The fourth-order valence-corrected chi connectivity index (χ4v) is 3.07. The van der Waals surface area contributed by atoms with E-state index >= 15 is 0 Å². The SMILES string of the molecule is CCCC1(C)CCCCC(CC)CC1. The van der Waals surface area contributed by atoms with Crippen molar-refractivity contribution in [2.75, 3.05) is 0 Å². The third-order valence-electron chi connectivity index (χ3n) is 4.23. The Morgan fingerprint density at radius 2 is 1.86 bits per heavy atom. The summed E-state index contributed by atoms with van der Waals surface area (Å²) >= 11 is 0. The first-order valence-electron chi connectivity index (χ1n) is 6.70. The molecule has 1 aliphatic carbocycles. The van der Waals surface area contributed by atoms with E-state index < -0.39 is 0 Å². The largest absolute Gasteiger partial charge is 0.0654 e. The van der Waals surface area contributed by atoms with Crippen LogP contribution in [0.4, 0.5) is 0 Å². The molecule has 1 fully saturated rings. The van der Waals surface area contributed by atoms with Gasteiger partial charge in [0.05, 0.1) is 0 Å². The van der Waals surface area contributed by atoms with Gasteiger partial charge in [0.25, 0.3) is 0 Å². The van der Waals surface area contributed by atoms with Gasteiger partial charge in [-0.2, -0.15) is 0 Å². The maximum absolute atomic E-state index is 2.52. The maximum atomic E-state index is 2.52. The van der Waals surface area contributed by atoms with Gasteiger partial charge in [0.15, 0.2) is 0 Å². The van der Waals surface area contributed by atoms with E-state index in [2.05, 4.69) is 20.8 Å². The zero-order valence-electron chi connectivity index (χ0n) is 10.4. The van der Waals surface area contributed by atoms with E-state index in [0.717, 1.165) is 5.92 Å². The van der Waals surface area contributed by atoms with Gasteiger partial charge in [-0.1, -0.05) is 52.9 Å². The van der Waals surface area contributed by atoms with Gasteiger partial charge in [-0.15, -0.1) is 0 Å². The molecule has 2 atom stereocenters. The predicted octanol–water partition coefficient (Wildman–Crippen LogP) is 5.17. The second kappa shape index (κ2) is 5.78. The third-order valence-corrected chi connectivity index (χ3v) is 4.23. The van der Waals surface area contributed by atoms with E-state index in [1.54, 1.807) is 0 Å². The molecule has 0 saturated heterocycles. The van der Waals surface area contributed by atoms with Crippen molar-refractivity contribution in [3.63, 3.8) is 0 Å². The Hall–Kier alpha value is 0. The molecule has 0 aliphatic heterocycles. The van der Waals surface area contributed by atoms with Gasteiger partial charge in [0.1, 0.15) is 0 Å². The summed E-state index contributed by atoms with van der Waals surface area (Å²) in [6.07, 6.45) is 13.1. The fraction of sp³-hybridized carbons (Fsp3) is 1.00. The molecular weight excluding hydrogens is 168 g/mol. The Bertz CT molecular complexity index is 150. The van der Waals surface area contributed by atoms with Crippen LogP contribution < -0.4 is 0 Å². The van der Waals surface area contributed by atoms with Gasteiger partial charge in [0, 0.05) is 0 Å². The highest BCUT2D eigenvalue weighted by molar-refractivity contribution is 4.78. The van der Waals surface area contributed by atoms with E-state index in [-0.39, 0.29) is 0 Å². The van der Waals surface area contributed by atoms with Crippen LogP contribution in [-0.4, -0.2) is 0 Å². The highest BCUT2D eigenvalue weighted by atomic mass is 14.3. The highest BCUT2D eigenvalue weighted by Crippen LogP contribution is 2.39. The number of rotatable bonds is 3. The van der Waals surface area contributed by atoms with Crippen LogP contribution in [0.5, 0.6) is 0 Å². The van der Waals surface area contributed by atoms with Gasteiger partial charge in [0.2, 0.25) is 0 Å². The molecule has 0 aromatic rings. The lowest BCUT2D eigenvalue weighted by atomic mass is 9.72. The van der Waals surface area contributed by atoms with Crippen molar-refractivity contribution in [2.24, 2.45) is 11.3 Å². The molecule has 1 aliphatic rings. The minimum atomic E-state index is 0.683. The quantitative estimate of drug-likeness (QED) is 0.584. The fourth-order valence-electron chi connectivity index (χ4n) is 3.07. The van der Waals surface area contributed by atoms with Crippen molar-refractivity contribution >= 4 is 0 Å². The zero-order valence-corrected chi connectivity index (χ0v) is 10.4. The molecule has 1 saturated carbocycles. The van der Waals surface area contributed by atoms with E-state index in [9.17, 15) is 0 Å². The summed E-state index contributed by atoms with van der Waals surface area (Å²) in [7, 11) is 0. The molecule has 0 aromatic heterocycles. The normalized spacial score (nSPS) is 34.9. The van der Waals surface area contributed by atoms with Crippen molar-refractivity contribution in [3.8, 4) is 0 Å². The second-order valence-corrected chi connectivity index (χ2v) is 5.62. The lowest BCUT2D eigenvalue weighted by Crippen LogP contribution is -2.20. The summed E-state index contributed by atoms with van der Waals surface area (Å²) in [5.74, 6) is 1.03. The number of hydrogen-bond donors (Lipinski definition) is 0. The van der Waals surface area contributed by atoms with E-state index in [1.807, 2.05) is 0 Å². The molecule has 0 N–H and O–H groups in total. The van der Waals surface area contributed by atoms with Crippen molar-refractivity contribution in [3.05, 3.63) is 0 Å². The molecule has 2 unspecified atom stereocenters. The second-order valence-electron chi connectivity index (χ2n) is 5.62. The molecule has 0 radical (unpaired) electrons. The first-order chi connectivity index (χ1) is 6.70. The smallest absolute Gasteiger partial charge is 0.0326 e. The Morgan fingerprint density at radius 1 is 1.07 bits per heavy atom. The van der Waals surface area contributed by atoms with Crippen LogP contribution in [-0.2, 0) is 0 Å². The molecule has 14 heavy (non-hydrogen) atoms. The Labute approximate surface area is 90.5 Å². The van der Waals surface area contributed by atoms with E-state index in [1.165, 1.54) is 57.8 Å². The molecule has 84 valence electrons. The maximum Gasteiger partial charge on any atom is -0.0326 e. The van der Waals surface area contributed by atoms with Crippen LogP contribution in [0.3, 0.4) is 0 Å².